The van der Waals surface area contributed by atoms with Crippen molar-refractivity contribution in [2.45, 2.75) is 213 Å². The van der Waals surface area contributed by atoms with Crippen LogP contribution in [0.15, 0.2) is 12.2 Å². The van der Waals surface area contributed by atoms with Gasteiger partial charge in [-0.3, -0.25) is 4.79 Å². The Morgan fingerprint density at radius 1 is 0.524 bits per heavy atom. The summed E-state index contributed by atoms with van der Waals surface area (Å²) in [7, 11) is 4.99. The van der Waals surface area contributed by atoms with Gasteiger partial charge in [-0.1, -0.05) is 148 Å². The maximum atomic E-state index is 10.7. The molecule has 250 valence electrons. The number of unbranched alkanes of at least 4 members (excludes halogenated alkanes) is 23. The molecule has 0 spiro atoms. The van der Waals surface area contributed by atoms with E-state index in [2.05, 4.69) is 40.1 Å². The van der Waals surface area contributed by atoms with Crippen molar-refractivity contribution in [3.8, 4) is 0 Å². The van der Waals surface area contributed by atoms with E-state index in [0.717, 1.165) is 18.9 Å². The summed E-state index contributed by atoms with van der Waals surface area (Å²) in [5, 5.41) is 0. The van der Waals surface area contributed by atoms with Gasteiger partial charge in [0.1, 0.15) is 0 Å². The van der Waals surface area contributed by atoms with Crippen molar-refractivity contribution < 1.29 is 9.28 Å². The number of hydrogen-bond acceptors (Lipinski definition) is 1. The minimum atomic E-state index is -0.160. The number of nitrogens with zero attached hydrogens (tertiary/aromatic N) is 1. The van der Waals surface area contributed by atoms with E-state index in [1.54, 1.807) is 0 Å². The van der Waals surface area contributed by atoms with Gasteiger partial charge in [-0.25, -0.2) is 0 Å². The fourth-order valence-electron chi connectivity index (χ4n) is 6.68. The molecule has 0 aromatic carbocycles. The SMILES string of the molecule is CCCCCCCCCCCCCCCCC(CCCCCCCC=CCCCCCCCC(N)=O)[N+](C)(C)CCC. The van der Waals surface area contributed by atoms with Gasteiger partial charge in [-0.15, -0.1) is 0 Å². The van der Waals surface area contributed by atoms with Crippen molar-refractivity contribution in [2.24, 2.45) is 5.73 Å². The van der Waals surface area contributed by atoms with E-state index in [0.29, 0.717) is 6.42 Å². The first-order valence-electron chi connectivity index (χ1n) is 19.2. The summed E-state index contributed by atoms with van der Waals surface area (Å²) in [5.41, 5.74) is 5.19. The molecule has 0 fully saturated rings. The van der Waals surface area contributed by atoms with Gasteiger partial charge in [0, 0.05) is 6.42 Å². The summed E-state index contributed by atoms with van der Waals surface area (Å²) >= 11 is 0. The van der Waals surface area contributed by atoms with Gasteiger partial charge < -0.3 is 10.2 Å². The molecule has 3 nitrogen and oxygen atoms in total. The molecule has 0 aromatic heterocycles. The van der Waals surface area contributed by atoms with Crippen LogP contribution in [0.2, 0.25) is 0 Å². The molecule has 1 unspecified atom stereocenters. The van der Waals surface area contributed by atoms with Gasteiger partial charge in [-0.05, 0) is 64.2 Å². The summed E-state index contributed by atoms with van der Waals surface area (Å²) in [6.45, 7) is 5.98. The van der Waals surface area contributed by atoms with Gasteiger partial charge >= 0.3 is 0 Å². The molecule has 0 saturated heterocycles. The van der Waals surface area contributed by atoms with E-state index < -0.39 is 0 Å². The highest BCUT2D eigenvalue weighted by atomic mass is 16.1. The molecular formula is C39H79N2O+. The van der Waals surface area contributed by atoms with Crippen molar-refractivity contribution in [1.82, 2.24) is 0 Å². The average Bonchev–Trinajstić information content (AvgIpc) is 2.95. The number of hydrogen-bond donors (Lipinski definition) is 1. The molecule has 0 saturated carbocycles. The van der Waals surface area contributed by atoms with Crippen molar-refractivity contribution in [1.29, 1.82) is 0 Å². The number of amides is 1. The second-order valence-corrected chi connectivity index (χ2v) is 14.1. The number of allylic oxidation sites excluding steroid dienone is 2. The van der Waals surface area contributed by atoms with E-state index >= 15 is 0 Å². The predicted octanol–water partition coefficient (Wildman–Crippen LogP) is 12.2. The number of carbonyl (C=O) groups excluding carboxylic acids is 1. The zero-order valence-corrected chi connectivity index (χ0v) is 29.6. The van der Waals surface area contributed by atoms with E-state index in [1.807, 2.05) is 0 Å². The predicted molar refractivity (Wildman–Crippen MR) is 189 cm³/mol. The van der Waals surface area contributed by atoms with Crippen molar-refractivity contribution in [2.75, 3.05) is 20.6 Å². The standard InChI is InChI=1S/C39H78N2O/c1-5-7-8-9-10-11-12-13-16-19-22-25-28-31-34-38(41(3,4)37-6-2)35-32-29-26-23-20-17-14-15-18-21-24-27-30-33-36-39(40)42/h14-15,38H,5-13,16-37H2,1-4H3,(H-,40,42)/p+1. The lowest BCUT2D eigenvalue weighted by Crippen LogP contribution is -2.49. The van der Waals surface area contributed by atoms with Crippen LogP contribution < -0.4 is 5.73 Å². The molecule has 0 aliphatic rings. The summed E-state index contributed by atoms with van der Waals surface area (Å²) in [6, 6.07) is 0.855. The molecule has 3 heteroatoms. The van der Waals surface area contributed by atoms with Crippen LogP contribution in [-0.4, -0.2) is 37.1 Å². The first kappa shape index (κ1) is 41.2. The van der Waals surface area contributed by atoms with Gasteiger partial charge in [0.15, 0.2) is 0 Å². The minimum Gasteiger partial charge on any atom is -0.370 e. The molecule has 1 atom stereocenters. The third kappa shape index (κ3) is 29.3. The van der Waals surface area contributed by atoms with E-state index in [1.165, 1.54) is 184 Å². The summed E-state index contributed by atoms with van der Waals surface area (Å²) in [6.07, 6.45) is 45.2. The zero-order chi connectivity index (χ0) is 31.0. The Morgan fingerprint density at radius 2 is 0.881 bits per heavy atom. The molecule has 0 aromatic rings. The maximum Gasteiger partial charge on any atom is 0.217 e. The van der Waals surface area contributed by atoms with E-state index in [-0.39, 0.29) is 5.91 Å². The highest BCUT2D eigenvalue weighted by molar-refractivity contribution is 5.73. The Labute approximate surface area is 265 Å². The van der Waals surface area contributed by atoms with Crippen LogP contribution in [0.3, 0.4) is 0 Å². The van der Waals surface area contributed by atoms with Gasteiger partial charge in [0.2, 0.25) is 5.91 Å². The van der Waals surface area contributed by atoms with Crippen LogP contribution in [-0.2, 0) is 4.79 Å². The Kier molecular flexibility index (Phi) is 31.0. The van der Waals surface area contributed by atoms with Gasteiger partial charge in [0.25, 0.3) is 0 Å². The second-order valence-electron chi connectivity index (χ2n) is 14.1. The molecule has 1 amide bonds. The van der Waals surface area contributed by atoms with E-state index in [9.17, 15) is 4.79 Å². The fourth-order valence-corrected chi connectivity index (χ4v) is 6.68. The third-order valence-corrected chi connectivity index (χ3v) is 9.55. The number of rotatable bonds is 34. The Hall–Kier alpha value is -0.830. The average molecular weight is 592 g/mol. The summed E-state index contributed by atoms with van der Waals surface area (Å²) < 4.78 is 1.23. The van der Waals surface area contributed by atoms with Gasteiger partial charge in [0.05, 0.1) is 26.7 Å². The molecular weight excluding hydrogens is 512 g/mol. The lowest BCUT2D eigenvalue weighted by atomic mass is 9.97. The van der Waals surface area contributed by atoms with Crippen LogP contribution in [0, 0.1) is 0 Å². The largest absolute Gasteiger partial charge is 0.370 e. The summed E-state index contributed by atoms with van der Waals surface area (Å²) in [4.78, 5) is 10.7. The number of primary amides is 1. The molecule has 2 N–H and O–H groups in total. The number of carbonyl (C=O) groups is 1. The third-order valence-electron chi connectivity index (χ3n) is 9.55. The van der Waals surface area contributed by atoms with Crippen LogP contribution in [0.25, 0.3) is 0 Å². The first-order chi connectivity index (χ1) is 20.4. The minimum absolute atomic E-state index is 0.160. The molecule has 42 heavy (non-hydrogen) atoms. The highest BCUT2D eigenvalue weighted by Gasteiger charge is 2.26. The lowest BCUT2D eigenvalue weighted by Gasteiger charge is -2.38. The summed E-state index contributed by atoms with van der Waals surface area (Å²) in [5.74, 6) is -0.160. The first-order valence-corrected chi connectivity index (χ1v) is 19.2. The Bertz CT molecular complexity index is 585. The number of nitrogens with two attached hydrogens (primary N) is 1. The zero-order valence-electron chi connectivity index (χ0n) is 29.6. The Morgan fingerprint density at radius 3 is 1.26 bits per heavy atom. The molecule has 0 heterocycles. The highest BCUT2D eigenvalue weighted by Crippen LogP contribution is 2.23. The lowest BCUT2D eigenvalue weighted by molar-refractivity contribution is -0.916. The van der Waals surface area contributed by atoms with E-state index in [4.69, 9.17) is 5.73 Å². The quantitative estimate of drug-likeness (QED) is 0.0451. The normalized spacial score (nSPS) is 12.9. The molecule has 0 aliphatic heterocycles. The fraction of sp³-hybridized carbons (Fsp3) is 0.923. The van der Waals surface area contributed by atoms with Crippen molar-refractivity contribution >= 4 is 5.91 Å². The van der Waals surface area contributed by atoms with Crippen molar-refractivity contribution in [3.05, 3.63) is 12.2 Å². The molecule has 0 bridgehead atoms. The molecule has 0 rings (SSSR count). The monoisotopic (exact) mass is 592 g/mol. The Balaban J connectivity index is 3.78. The smallest absolute Gasteiger partial charge is 0.217 e. The maximum absolute atomic E-state index is 10.7. The second kappa shape index (κ2) is 31.6. The van der Waals surface area contributed by atoms with Crippen molar-refractivity contribution in [3.63, 3.8) is 0 Å². The van der Waals surface area contributed by atoms with Crippen LogP contribution >= 0.6 is 0 Å². The molecule has 0 radical (unpaired) electrons. The number of quaternary nitrogens is 1. The van der Waals surface area contributed by atoms with Gasteiger partial charge in [-0.2, -0.15) is 0 Å². The topological polar surface area (TPSA) is 43.1 Å². The van der Waals surface area contributed by atoms with Crippen LogP contribution in [0.4, 0.5) is 0 Å². The van der Waals surface area contributed by atoms with Crippen LogP contribution in [0.1, 0.15) is 206 Å². The van der Waals surface area contributed by atoms with Crippen LogP contribution in [0.5, 0.6) is 0 Å². The molecule has 0 aliphatic carbocycles.